The van der Waals surface area contributed by atoms with Gasteiger partial charge < -0.3 is 5.32 Å². The summed E-state index contributed by atoms with van der Waals surface area (Å²) >= 11 is 1.51. The Kier molecular flexibility index (Phi) is 6.96. The van der Waals surface area contributed by atoms with Crippen LogP contribution in [0.4, 0.5) is 5.69 Å². The predicted molar refractivity (Wildman–Crippen MR) is 111 cm³/mol. The van der Waals surface area contributed by atoms with Crippen LogP contribution < -0.4 is 5.32 Å². The Balaban J connectivity index is 1.86. The van der Waals surface area contributed by atoms with Gasteiger partial charge in [0.2, 0.25) is 5.91 Å². The number of benzene rings is 2. The average molecular weight is 411 g/mol. The van der Waals surface area contributed by atoms with Gasteiger partial charge in [-0.1, -0.05) is 49.0 Å². The van der Waals surface area contributed by atoms with Crippen molar-refractivity contribution < 1.29 is 9.72 Å². The molecule has 0 aliphatic heterocycles. The lowest BCUT2D eigenvalue weighted by Gasteiger charge is -2.11. The van der Waals surface area contributed by atoms with E-state index in [2.05, 4.69) is 15.5 Å². The second-order valence-electron chi connectivity index (χ2n) is 6.31. The zero-order chi connectivity index (χ0) is 20.6. The SMILES string of the molecule is CCCC(=O)NCc1nnc(SCc2ccccc2)n1-c1ccc([N+](=O)[O-])cc1. The van der Waals surface area contributed by atoms with E-state index in [9.17, 15) is 14.9 Å². The summed E-state index contributed by atoms with van der Waals surface area (Å²) in [6.45, 7) is 2.17. The maximum Gasteiger partial charge on any atom is 0.269 e. The van der Waals surface area contributed by atoms with Crippen LogP contribution in [0.5, 0.6) is 0 Å². The molecular weight excluding hydrogens is 390 g/mol. The number of thioether (sulfide) groups is 1. The van der Waals surface area contributed by atoms with Crippen LogP contribution in [-0.4, -0.2) is 25.6 Å². The Hall–Kier alpha value is -3.20. The molecule has 0 aliphatic carbocycles. The Morgan fingerprint density at radius 3 is 2.52 bits per heavy atom. The summed E-state index contributed by atoms with van der Waals surface area (Å²) in [5.41, 5.74) is 1.86. The van der Waals surface area contributed by atoms with Gasteiger partial charge in [-0.15, -0.1) is 10.2 Å². The second-order valence-corrected chi connectivity index (χ2v) is 7.25. The average Bonchev–Trinajstić information content (AvgIpc) is 3.14. The van der Waals surface area contributed by atoms with Gasteiger partial charge in [0.05, 0.1) is 11.5 Å². The van der Waals surface area contributed by atoms with Crippen LogP contribution in [0.3, 0.4) is 0 Å². The lowest BCUT2D eigenvalue weighted by Crippen LogP contribution is -2.24. The fourth-order valence-electron chi connectivity index (χ4n) is 2.71. The summed E-state index contributed by atoms with van der Waals surface area (Å²) in [6.07, 6.45) is 1.21. The van der Waals surface area contributed by atoms with Crippen LogP contribution in [0.15, 0.2) is 59.8 Å². The van der Waals surface area contributed by atoms with Gasteiger partial charge in [0, 0.05) is 30.0 Å². The highest BCUT2D eigenvalue weighted by molar-refractivity contribution is 7.98. The maximum atomic E-state index is 11.9. The molecule has 0 aliphatic rings. The number of rotatable bonds is 9. The first-order valence-corrected chi connectivity index (χ1v) is 10.2. The molecule has 1 amide bonds. The fraction of sp³-hybridized carbons (Fsp3) is 0.250. The number of carbonyl (C=O) groups is 1. The minimum atomic E-state index is -0.438. The molecule has 0 bridgehead atoms. The molecule has 1 heterocycles. The third kappa shape index (κ3) is 5.41. The van der Waals surface area contributed by atoms with Crippen LogP contribution in [0.2, 0.25) is 0 Å². The quantitative estimate of drug-likeness (QED) is 0.326. The molecule has 29 heavy (non-hydrogen) atoms. The molecular formula is C20H21N5O3S. The molecule has 3 aromatic rings. The smallest absolute Gasteiger partial charge is 0.269 e. The summed E-state index contributed by atoms with van der Waals surface area (Å²) in [6, 6.07) is 16.2. The molecule has 0 saturated heterocycles. The molecule has 3 rings (SSSR count). The maximum absolute atomic E-state index is 11.9. The Morgan fingerprint density at radius 1 is 1.14 bits per heavy atom. The van der Waals surface area contributed by atoms with Crippen LogP contribution in [0, 0.1) is 10.1 Å². The number of nitrogens with zero attached hydrogens (tertiary/aromatic N) is 4. The summed E-state index contributed by atoms with van der Waals surface area (Å²) in [4.78, 5) is 22.4. The lowest BCUT2D eigenvalue weighted by atomic mass is 10.2. The highest BCUT2D eigenvalue weighted by Gasteiger charge is 2.16. The van der Waals surface area contributed by atoms with Crippen molar-refractivity contribution in [3.63, 3.8) is 0 Å². The van der Waals surface area contributed by atoms with E-state index in [-0.39, 0.29) is 18.1 Å². The topological polar surface area (TPSA) is 103 Å². The summed E-state index contributed by atoms with van der Waals surface area (Å²) in [7, 11) is 0. The van der Waals surface area contributed by atoms with Crippen molar-refractivity contribution in [2.24, 2.45) is 0 Å². The van der Waals surface area contributed by atoms with Gasteiger partial charge in [0.1, 0.15) is 0 Å². The number of aromatic nitrogens is 3. The van der Waals surface area contributed by atoms with E-state index in [4.69, 9.17) is 0 Å². The standard InChI is InChI=1S/C20H21N5O3S/c1-2-6-19(26)21-13-18-22-23-20(29-14-15-7-4-3-5-8-15)24(18)16-9-11-17(12-10-16)25(27)28/h3-5,7-12H,2,6,13-14H2,1H3,(H,21,26). The number of nitrogens with one attached hydrogen (secondary N) is 1. The van der Waals surface area contributed by atoms with Crippen molar-refractivity contribution in [3.8, 4) is 5.69 Å². The monoisotopic (exact) mass is 411 g/mol. The first kappa shape index (κ1) is 20.5. The van der Waals surface area contributed by atoms with E-state index in [1.54, 1.807) is 12.1 Å². The van der Waals surface area contributed by atoms with E-state index in [0.717, 1.165) is 12.0 Å². The highest BCUT2D eigenvalue weighted by Crippen LogP contribution is 2.26. The molecule has 0 atom stereocenters. The normalized spacial score (nSPS) is 10.7. The summed E-state index contributed by atoms with van der Waals surface area (Å²) in [5, 5.41) is 23.0. The lowest BCUT2D eigenvalue weighted by molar-refractivity contribution is -0.384. The van der Waals surface area contributed by atoms with Crippen molar-refractivity contribution in [1.82, 2.24) is 20.1 Å². The number of nitro benzene ring substituents is 1. The molecule has 0 radical (unpaired) electrons. The van der Waals surface area contributed by atoms with Crippen molar-refractivity contribution in [2.45, 2.75) is 37.2 Å². The summed E-state index contributed by atoms with van der Waals surface area (Å²) in [5.74, 6) is 1.22. The number of non-ortho nitro benzene ring substituents is 1. The molecule has 9 heteroatoms. The largest absolute Gasteiger partial charge is 0.349 e. The zero-order valence-corrected chi connectivity index (χ0v) is 16.8. The third-order valence-electron chi connectivity index (χ3n) is 4.15. The molecule has 0 fully saturated rings. The summed E-state index contributed by atoms with van der Waals surface area (Å²) < 4.78 is 1.82. The van der Waals surface area contributed by atoms with E-state index in [1.165, 1.54) is 23.9 Å². The van der Waals surface area contributed by atoms with E-state index >= 15 is 0 Å². The van der Waals surface area contributed by atoms with E-state index in [1.807, 2.05) is 41.8 Å². The van der Waals surface area contributed by atoms with Gasteiger partial charge in [-0.2, -0.15) is 0 Å². The van der Waals surface area contributed by atoms with Crippen molar-refractivity contribution in [1.29, 1.82) is 0 Å². The Morgan fingerprint density at radius 2 is 1.86 bits per heavy atom. The second kappa shape index (κ2) is 9.83. The number of hydrogen-bond acceptors (Lipinski definition) is 6. The first-order valence-electron chi connectivity index (χ1n) is 9.21. The van der Waals surface area contributed by atoms with Gasteiger partial charge in [0.25, 0.3) is 5.69 Å². The molecule has 1 aromatic heterocycles. The van der Waals surface area contributed by atoms with Gasteiger partial charge in [-0.05, 0) is 24.1 Å². The number of amides is 1. The van der Waals surface area contributed by atoms with Gasteiger partial charge in [-0.3, -0.25) is 19.5 Å². The molecule has 150 valence electrons. The van der Waals surface area contributed by atoms with E-state index < -0.39 is 4.92 Å². The van der Waals surface area contributed by atoms with Gasteiger partial charge in [-0.25, -0.2) is 0 Å². The highest BCUT2D eigenvalue weighted by atomic mass is 32.2. The molecule has 8 nitrogen and oxygen atoms in total. The Labute approximate surface area is 172 Å². The molecule has 0 spiro atoms. The van der Waals surface area contributed by atoms with Crippen LogP contribution >= 0.6 is 11.8 Å². The first-order chi connectivity index (χ1) is 14.1. The third-order valence-corrected chi connectivity index (χ3v) is 5.15. The zero-order valence-electron chi connectivity index (χ0n) is 15.9. The number of nitro groups is 1. The minimum Gasteiger partial charge on any atom is -0.349 e. The molecule has 0 unspecified atom stereocenters. The van der Waals surface area contributed by atoms with Crippen LogP contribution in [0.25, 0.3) is 5.69 Å². The molecule has 1 N–H and O–H groups in total. The Bertz CT molecular complexity index is 974. The molecule has 0 saturated carbocycles. The molecule has 2 aromatic carbocycles. The van der Waals surface area contributed by atoms with Crippen molar-refractivity contribution in [3.05, 3.63) is 76.1 Å². The van der Waals surface area contributed by atoms with Gasteiger partial charge in [0.15, 0.2) is 11.0 Å². The van der Waals surface area contributed by atoms with E-state index in [0.29, 0.717) is 28.8 Å². The fourth-order valence-corrected chi connectivity index (χ4v) is 3.63. The van der Waals surface area contributed by atoms with Crippen LogP contribution in [-0.2, 0) is 17.1 Å². The van der Waals surface area contributed by atoms with Crippen LogP contribution in [0.1, 0.15) is 31.2 Å². The van der Waals surface area contributed by atoms with Gasteiger partial charge >= 0.3 is 0 Å². The van der Waals surface area contributed by atoms with Crippen molar-refractivity contribution in [2.75, 3.05) is 0 Å². The predicted octanol–water partition coefficient (Wildman–Crippen LogP) is 3.88. The van der Waals surface area contributed by atoms with Crippen molar-refractivity contribution >= 4 is 23.4 Å². The number of carbonyl (C=O) groups excluding carboxylic acids is 1. The number of hydrogen-bond donors (Lipinski definition) is 1. The minimum absolute atomic E-state index is 0.0121.